The van der Waals surface area contributed by atoms with Crippen molar-refractivity contribution >= 4 is 6.03 Å². The lowest BCUT2D eigenvalue weighted by atomic mass is 9.87. The van der Waals surface area contributed by atoms with Crippen molar-refractivity contribution in [3.05, 3.63) is 29.8 Å². The second kappa shape index (κ2) is 9.52. The summed E-state index contributed by atoms with van der Waals surface area (Å²) < 4.78 is 5.64. The highest BCUT2D eigenvalue weighted by molar-refractivity contribution is 5.73. The maximum atomic E-state index is 11.9. The van der Waals surface area contributed by atoms with Gasteiger partial charge < -0.3 is 20.5 Å². The van der Waals surface area contributed by atoms with Crippen molar-refractivity contribution in [1.82, 2.24) is 10.6 Å². The van der Waals surface area contributed by atoms with Crippen LogP contribution in [0.4, 0.5) is 4.79 Å². The van der Waals surface area contributed by atoms with Crippen LogP contribution in [0.25, 0.3) is 0 Å². The molecule has 1 aliphatic rings. The van der Waals surface area contributed by atoms with Crippen LogP contribution in [-0.2, 0) is 6.54 Å². The monoisotopic (exact) mass is 334 g/mol. The van der Waals surface area contributed by atoms with Crippen LogP contribution in [0.15, 0.2) is 24.3 Å². The average Bonchev–Trinajstić information content (AvgIpc) is 2.57. The minimum atomic E-state index is -0.204. The van der Waals surface area contributed by atoms with Crippen LogP contribution >= 0.6 is 0 Å². The quantitative estimate of drug-likeness (QED) is 0.718. The van der Waals surface area contributed by atoms with Gasteiger partial charge in [0.1, 0.15) is 5.75 Å². The fraction of sp³-hybridized carbons (Fsp3) is 0.632. The maximum absolute atomic E-state index is 11.9. The molecule has 0 bridgehead atoms. The Bertz CT molecular complexity index is 502. The van der Waals surface area contributed by atoms with E-state index in [1.165, 1.54) is 0 Å². The Labute approximate surface area is 144 Å². The summed E-state index contributed by atoms with van der Waals surface area (Å²) in [5.41, 5.74) is 1.04. The van der Waals surface area contributed by atoms with Gasteiger partial charge in [-0.05, 0) is 48.8 Å². The molecular weight excluding hydrogens is 304 g/mol. The molecule has 1 fully saturated rings. The molecule has 1 aliphatic carbocycles. The van der Waals surface area contributed by atoms with Gasteiger partial charge in [-0.2, -0.15) is 0 Å². The number of nitrogens with one attached hydrogen (secondary N) is 2. The maximum Gasteiger partial charge on any atom is 0.315 e. The number of carbonyl (C=O) groups excluding carboxylic acids is 1. The predicted octanol–water partition coefficient (Wildman–Crippen LogP) is 3.07. The SMILES string of the molecule is CC(C)COc1ccc(CNC(=O)NCC2CCCC(O)C2)cc1. The smallest absolute Gasteiger partial charge is 0.315 e. The van der Waals surface area contributed by atoms with Crippen LogP contribution in [0.2, 0.25) is 0 Å². The van der Waals surface area contributed by atoms with Gasteiger partial charge >= 0.3 is 6.03 Å². The summed E-state index contributed by atoms with van der Waals surface area (Å²) in [5.74, 6) is 1.74. The van der Waals surface area contributed by atoms with E-state index in [2.05, 4.69) is 24.5 Å². The molecule has 0 radical (unpaired) electrons. The van der Waals surface area contributed by atoms with E-state index >= 15 is 0 Å². The Morgan fingerprint density at radius 3 is 2.67 bits per heavy atom. The normalized spacial score (nSPS) is 20.7. The van der Waals surface area contributed by atoms with E-state index in [0.717, 1.165) is 37.0 Å². The standard InChI is InChI=1S/C19H30N2O3/c1-14(2)13-24-18-8-6-15(7-9-18)11-20-19(23)21-12-16-4-3-5-17(22)10-16/h6-9,14,16-17,22H,3-5,10-13H2,1-2H3,(H2,20,21,23). The van der Waals surface area contributed by atoms with Crippen molar-refractivity contribution in [2.75, 3.05) is 13.2 Å². The van der Waals surface area contributed by atoms with Gasteiger partial charge in [-0.15, -0.1) is 0 Å². The highest BCUT2D eigenvalue weighted by Gasteiger charge is 2.20. The summed E-state index contributed by atoms with van der Waals surface area (Å²) in [6, 6.07) is 7.64. The van der Waals surface area contributed by atoms with Gasteiger partial charge in [0.05, 0.1) is 12.7 Å². The molecule has 2 amide bonds. The minimum Gasteiger partial charge on any atom is -0.493 e. The van der Waals surface area contributed by atoms with E-state index in [9.17, 15) is 9.90 Å². The van der Waals surface area contributed by atoms with E-state index in [1.54, 1.807) is 0 Å². The van der Waals surface area contributed by atoms with Crippen LogP contribution in [0.1, 0.15) is 45.1 Å². The summed E-state index contributed by atoms with van der Waals surface area (Å²) >= 11 is 0. The molecule has 0 aliphatic heterocycles. The lowest BCUT2D eigenvalue weighted by Gasteiger charge is -2.25. The first-order valence-electron chi connectivity index (χ1n) is 8.94. The number of amides is 2. The van der Waals surface area contributed by atoms with Crippen LogP contribution < -0.4 is 15.4 Å². The molecule has 0 saturated heterocycles. The van der Waals surface area contributed by atoms with E-state index in [-0.39, 0.29) is 12.1 Å². The zero-order valence-electron chi connectivity index (χ0n) is 14.8. The Kier molecular flexibility index (Phi) is 7.37. The number of aliphatic hydroxyl groups excluding tert-OH is 1. The zero-order chi connectivity index (χ0) is 17.4. The lowest BCUT2D eigenvalue weighted by molar-refractivity contribution is 0.101. The molecule has 0 aromatic heterocycles. The van der Waals surface area contributed by atoms with E-state index in [4.69, 9.17) is 4.74 Å². The van der Waals surface area contributed by atoms with E-state index < -0.39 is 0 Å². The highest BCUT2D eigenvalue weighted by atomic mass is 16.5. The molecule has 134 valence electrons. The van der Waals surface area contributed by atoms with Crippen LogP contribution in [0.3, 0.4) is 0 Å². The second-order valence-corrected chi connectivity index (χ2v) is 7.10. The summed E-state index contributed by atoms with van der Waals surface area (Å²) in [7, 11) is 0. The first-order chi connectivity index (χ1) is 11.5. The fourth-order valence-electron chi connectivity index (χ4n) is 2.90. The number of hydrogen-bond acceptors (Lipinski definition) is 3. The molecule has 1 aromatic rings. The first-order valence-corrected chi connectivity index (χ1v) is 8.94. The highest BCUT2D eigenvalue weighted by Crippen LogP contribution is 2.23. The van der Waals surface area contributed by atoms with Crippen LogP contribution in [-0.4, -0.2) is 30.4 Å². The molecule has 5 nitrogen and oxygen atoms in total. The molecule has 0 heterocycles. The Morgan fingerprint density at radius 2 is 2.00 bits per heavy atom. The summed E-state index contributed by atoms with van der Waals surface area (Å²) in [4.78, 5) is 11.9. The third kappa shape index (κ3) is 6.79. The summed E-state index contributed by atoms with van der Waals surface area (Å²) in [5, 5.41) is 15.4. The van der Waals surface area contributed by atoms with Gasteiger partial charge in [0.25, 0.3) is 0 Å². The molecule has 2 unspecified atom stereocenters. The van der Waals surface area contributed by atoms with Crippen molar-refractivity contribution < 1.29 is 14.6 Å². The average molecular weight is 334 g/mol. The third-order valence-electron chi connectivity index (χ3n) is 4.27. The number of benzene rings is 1. The molecule has 0 spiro atoms. The van der Waals surface area contributed by atoms with Gasteiger partial charge in [0.2, 0.25) is 0 Å². The van der Waals surface area contributed by atoms with Crippen molar-refractivity contribution in [3.8, 4) is 5.75 Å². The Morgan fingerprint density at radius 1 is 1.25 bits per heavy atom. The molecule has 1 aromatic carbocycles. The number of urea groups is 1. The number of hydrogen-bond donors (Lipinski definition) is 3. The summed E-state index contributed by atoms with van der Waals surface area (Å²) in [6.07, 6.45) is 3.60. The minimum absolute atomic E-state index is 0.157. The zero-order valence-corrected chi connectivity index (χ0v) is 14.8. The molecule has 1 saturated carbocycles. The second-order valence-electron chi connectivity index (χ2n) is 7.10. The van der Waals surface area contributed by atoms with Crippen LogP contribution in [0.5, 0.6) is 5.75 Å². The van der Waals surface area contributed by atoms with Crippen molar-refractivity contribution in [2.24, 2.45) is 11.8 Å². The molecule has 24 heavy (non-hydrogen) atoms. The first kappa shape index (κ1) is 18.6. The van der Waals surface area contributed by atoms with Gasteiger partial charge in [-0.3, -0.25) is 0 Å². The number of ether oxygens (including phenoxy) is 1. The molecule has 3 N–H and O–H groups in total. The van der Waals surface area contributed by atoms with Gasteiger partial charge in [-0.1, -0.05) is 32.4 Å². The molecule has 5 heteroatoms. The lowest BCUT2D eigenvalue weighted by Crippen LogP contribution is -2.39. The topological polar surface area (TPSA) is 70.6 Å². The third-order valence-corrected chi connectivity index (χ3v) is 4.27. The van der Waals surface area contributed by atoms with Gasteiger partial charge in [0, 0.05) is 13.1 Å². The number of aliphatic hydroxyl groups is 1. The van der Waals surface area contributed by atoms with Gasteiger partial charge in [-0.25, -0.2) is 4.79 Å². The van der Waals surface area contributed by atoms with Gasteiger partial charge in [0.15, 0.2) is 0 Å². The molecule has 2 rings (SSSR count). The van der Waals surface area contributed by atoms with Crippen LogP contribution in [0, 0.1) is 11.8 Å². The number of rotatable bonds is 7. The largest absolute Gasteiger partial charge is 0.493 e. The summed E-state index contributed by atoms with van der Waals surface area (Å²) in [6.45, 7) is 6.06. The van der Waals surface area contributed by atoms with E-state index in [0.29, 0.717) is 31.5 Å². The molecular formula is C19H30N2O3. The van der Waals surface area contributed by atoms with Crippen molar-refractivity contribution in [1.29, 1.82) is 0 Å². The van der Waals surface area contributed by atoms with Crippen molar-refractivity contribution in [2.45, 2.75) is 52.2 Å². The number of carbonyl (C=O) groups is 1. The Balaban J connectivity index is 1.65. The molecule has 2 atom stereocenters. The van der Waals surface area contributed by atoms with E-state index in [1.807, 2.05) is 24.3 Å². The Hall–Kier alpha value is -1.75. The predicted molar refractivity (Wildman–Crippen MR) is 95.0 cm³/mol. The van der Waals surface area contributed by atoms with Crippen molar-refractivity contribution in [3.63, 3.8) is 0 Å². The fourth-order valence-corrected chi connectivity index (χ4v) is 2.90.